The summed E-state index contributed by atoms with van der Waals surface area (Å²) in [6.07, 6.45) is 0. The van der Waals surface area contributed by atoms with Gasteiger partial charge in [-0.3, -0.25) is 9.36 Å². The van der Waals surface area contributed by atoms with E-state index in [0.29, 0.717) is 19.1 Å². The Bertz CT molecular complexity index is 821. The Labute approximate surface area is 178 Å². The number of hydrogen-bond donors (Lipinski definition) is 1. The summed E-state index contributed by atoms with van der Waals surface area (Å²) in [4.78, 5) is 14.6. The lowest BCUT2D eigenvalue weighted by molar-refractivity contribution is -0.113. The van der Waals surface area contributed by atoms with Gasteiger partial charge < -0.3 is 15.0 Å². The second-order valence-corrected chi connectivity index (χ2v) is 9.04. The van der Waals surface area contributed by atoms with Gasteiger partial charge in [0.05, 0.1) is 19.0 Å². The zero-order chi connectivity index (χ0) is 20.1. The number of aryl methyl sites for hydroxylation is 1. The Morgan fingerprint density at radius 3 is 2.75 bits per heavy atom. The van der Waals surface area contributed by atoms with Crippen LogP contribution in [0.3, 0.4) is 0 Å². The molecular formula is C19H26BrN5O2S. The molecule has 0 spiro atoms. The third kappa shape index (κ3) is 5.48. The highest BCUT2D eigenvalue weighted by Gasteiger charge is 2.21. The standard InChI is InChI=1S/C19H26BrN5O2S/c1-13(2)11-25-18(24-6-8-27-9-7-24)22-23-19(25)28-12-17(26)21-16-5-4-15(20)10-14(16)3/h4-5,10,13H,6-9,11-12H2,1-3H3,(H,21,26). The molecule has 1 amide bonds. The first-order valence-electron chi connectivity index (χ1n) is 9.38. The smallest absolute Gasteiger partial charge is 0.234 e. The number of hydrogen-bond acceptors (Lipinski definition) is 6. The molecule has 0 aliphatic carbocycles. The summed E-state index contributed by atoms with van der Waals surface area (Å²) in [5.74, 6) is 1.55. The molecule has 3 rings (SSSR count). The van der Waals surface area contributed by atoms with Gasteiger partial charge in [-0.05, 0) is 36.6 Å². The van der Waals surface area contributed by atoms with Crippen molar-refractivity contribution in [1.29, 1.82) is 0 Å². The molecule has 0 radical (unpaired) electrons. The van der Waals surface area contributed by atoms with Gasteiger partial charge >= 0.3 is 0 Å². The van der Waals surface area contributed by atoms with Crippen molar-refractivity contribution >= 4 is 45.2 Å². The molecule has 2 aromatic rings. The van der Waals surface area contributed by atoms with E-state index in [9.17, 15) is 4.79 Å². The number of halogens is 1. The van der Waals surface area contributed by atoms with Crippen molar-refractivity contribution in [2.45, 2.75) is 32.5 Å². The van der Waals surface area contributed by atoms with Gasteiger partial charge in [0.1, 0.15) is 0 Å². The minimum absolute atomic E-state index is 0.0533. The predicted molar refractivity (Wildman–Crippen MR) is 116 cm³/mol. The maximum atomic E-state index is 12.4. The van der Waals surface area contributed by atoms with Crippen molar-refractivity contribution < 1.29 is 9.53 Å². The molecule has 0 atom stereocenters. The van der Waals surface area contributed by atoms with E-state index in [2.05, 4.69) is 54.8 Å². The summed E-state index contributed by atoms with van der Waals surface area (Å²) < 4.78 is 8.56. The highest BCUT2D eigenvalue weighted by molar-refractivity contribution is 9.10. The van der Waals surface area contributed by atoms with Crippen LogP contribution in [0, 0.1) is 12.8 Å². The number of anilines is 2. The number of carbonyl (C=O) groups is 1. The van der Waals surface area contributed by atoms with E-state index in [4.69, 9.17) is 4.74 Å². The summed E-state index contributed by atoms with van der Waals surface area (Å²) in [6, 6.07) is 5.81. The van der Waals surface area contributed by atoms with Crippen LogP contribution in [-0.2, 0) is 16.1 Å². The summed E-state index contributed by atoms with van der Waals surface area (Å²) in [6.45, 7) is 10.1. The lowest BCUT2D eigenvalue weighted by atomic mass is 10.2. The number of amides is 1. The first-order chi connectivity index (χ1) is 13.4. The molecular weight excluding hydrogens is 442 g/mol. The highest BCUT2D eigenvalue weighted by Crippen LogP contribution is 2.25. The van der Waals surface area contributed by atoms with Gasteiger partial charge in [0, 0.05) is 29.8 Å². The fraction of sp³-hybridized carbons (Fsp3) is 0.526. The molecule has 7 nitrogen and oxygen atoms in total. The molecule has 28 heavy (non-hydrogen) atoms. The fourth-order valence-corrected chi connectivity index (χ4v) is 4.21. The lowest BCUT2D eigenvalue weighted by Gasteiger charge is -2.28. The van der Waals surface area contributed by atoms with E-state index < -0.39 is 0 Å². The van der Waals surface area contributed by atoms with Gasteiger partial charge in [0.15, 0.2) is 5.16 Å². The molecule has 1 aromatic heterocycles. The van der Waals surface area contributed by atoms with Crippen LogP contribution in [0.5, 0.6) is 0 Å². The van der Waals surface area contributed by atoms with Crippen LogP contribution in [0.1, 0.15) is 19.4 Å². The first-order valence-corrected chi connectivity index (χ1v) is 11.2. The third-order valence-corrected chi connectivity index (χ3v) is 5.79. The summed E-state index contributed by atoms with van der Waals surface area (Å²) in [5, 5.41) is 12.5. The monoisotopic (exact) mass is 467 g/mol. The van der Waals surface area contributed by atoms with Crippen LogP contribution in [0.15, 0.2) is 27.8 Å². The molecule has 1 aliphatic heterocycles. The van der Waals surface area contributed by atoms with E-state index >= 15 is 0 Å². The Morgan fingerprint density at radius 1 is 1.32 bits per heavy atom. The van der Waals surface area contributed by atoms with Crippen LogP contribution in [0.4, 0.5) is 11.6 Å². The maximum Gasteiger partial charge on any atom is 0.234 e. The highest BCUT2D eigenvalue weighted by atomic mass is 79.9. The first kappa shape index (κ1) is 21.1. The van der Waals surface area contributed by atoms with Gasteiger partial charge in [0.25, 0.3) is 0 Å². The summed E-state index contributed by atoms with van der Waals surface area (Å²) >= 11 is 4.86. The number of thioether (sulfide) groups is 1. The van der Waals surface area contributed by atoms with Gasteiger partial charge in [-0.1, -0.05) is 41.5 Å². The van der Waals surface area contributed by atoms with Crippen LogP contribution >= 0.6 is 27.7 Å². The average molecular weight is 468 g/mol. The molecule has 9 heteroatoms. The largest absolute Gasteiger partial charge is 0.378 e. The molecule has 1 aromatic carbocycles. The van der Waals surface area contributed by atoms with E-state index in [-0.39, 0.29) is 11.7 Å². The van der Waals surface area contributed by atoms with Crippen molar-refractivity contribution in [3.05, 3.63) is 28.2 Å². The number of ether oxygens (including phenoxy) is 1. The molecule has 0 unspecified atom stereocenters. The minimum atomic E-state index is -0.0533. The fourth-order valence-electron chi connectivity index (χ4n) is 2.99. The molecule has 1 N–H and O–H groups in total. The van der Waals surface area contributed by atoms with Crippen LogP contribution in [0.25, 0.3) is 0 Å². The number of carbonyl (C=O) groups excluding carboxylic acids is 1. The van der Waals surface area contributed by atoms with Crippen molar-refractivity contribution in [3.63, 3.8) is 0 Å². The molecule has 152 valence electrons. The zero-order valence-corrected chi connectivity index (χ0v) is 18.8. The maximum absolute atomic E-state index is 12.4. The Kier molecular flexibility index (Phi) is 7.36. The van der Waals surface area contributed by atoms with Gasteiger partial charge in [0.2, 0.25) is 11.9 Å². The van der Waals surface area contributed by atoms with Crippen molar-refractivity contribution in [2.75, 3.05) is 42.3 Å². The van der Waals surface area contributed by atoms with E-state index in [1.165, 1.54) is 11.8 Å². The lowest BCUT2D eigenvalue weighted by Crippen LogP contribution is -2.38. The molecule has 2 heterocycles. The third-order valence-electron chi connectivity index (χ3n) is 4.33. The van der Waals surface area contributed by atoms with E-state index in [1.54, 1.807) is 0 Å². The average Bonchev–Trinajstić information content (AvgIpc) is 3.05. The number of benzene rings is 1. The summed E-state index contributed by atoms with van der Waals surface area (Å²) in [7, 11) is 0. The van der Waals surface area contributed by atoms with Gasteiger partial charge in [-0.25, -0.2) is 0 Å². The normalized spacial score (nSPS) is 14.5. The van der Waals surface area contributed by atoms with Crippen molar-refractivity contribution in [2.24, 2.45) is 5.92 Å². The van der Waals surface area contributed by atoms with Crippen LogP contribution in [-0.4, -0.2) is 52.7 Å². The predicted octanol–water partition coefficient (Wildman–Crippen LogP) is 3.57. The molecule has 1 saturated heterocycles. The van der Waals surface area contributed by atoms with Gasteiger partial charge in [-0.15, -0.1) is 10.2 Å². The topological polar surface area (TPSA) is 72.3 Å². The SMILES string of the molecule is Cc1cc(Br)ccc1NC(=O)CSc1nnc(N2CCOCC2)n1CC(C)C. The zero-order valence-electron chi connectivity index (χ0n) is 16.4. The number of rotatable bonds is 7. The Hall–Kier alpha value is -1.58. The number of morpholine rings is 1. The van der Waals surface area contributed by atoms with Crippen molar-refractivity contribution in [3.8, 4) is 0 Å². The Morgan fingerprint density at radius 2 is 2.07 bits per heavy atom. The minimum Gasteiger partial charge on any atom is -0.378 e. The number of nitrogens with one attached hydrogen (secondary N) is 1. The van der Waals surface area contributed by atoms with Crippen molar-refractivity contribution in [1.82, 2.24) is 14.8 Å². The second-order valence-electron chi connectivity index (χ2n) is 7.18. The molecule has 0 bridgehead atoms. The van der Waals surface area contributed by atoms with E-state index in [0.717, 1.165) is 46.5 Å². The second kappa shape index (κ2) is 9.76. The molecule has 0 saturated carbocycles. The molecule has 1 fully saturated rings. The van der Waals surface area contributed by atoms with Crippen LogP contribution < -0.4 is 10.2 Å². The molecule has 1 aliphatic rings. The van der Waals surface area contributed by atoms with Crippen LogP contribution in [0.2, 0.25) is 0 Å². The summed E-state index contributed by atoms with van der Waals surface area (Å²) in [5.41, 5.74) is 1.84. The Balaban J connectivity index is 1.67. The number of aromatic nitrogens is 3. The quantitative estimate of drug-likeness (QED) is 0.627. The van der Waals surface area contributed by atoms with Gasteiger partial charge in [-0.2, -0.15) is 0 Å². The number of nitrogens with zero attached hydrogens (tertiary/aromatic N) is 4. The van der Waals surface area contributed by atoms with E-state index in [1.807, 2.05) is 25.1 Å².